The van der Waals surface area contributed by atoms with Crippen LogP contribution in [0.15, 0.2) is 22.7 Å². The summed E-state index contributed by atoms with van der Waals surface area (Å²) in [5, 5.41) is 3.27. The molecule has 1 aliphatic heterocycles. The van der Waals surface area contributed by atoms with Crippen LogP contribution < -0.4 is 5.32 Å². The zero-order valence-electron chi connectivity index (χ0n) is 11.4. The second-order valence-electron chi connectivity index (χ2n) is 5.26. The molecule has 0 spiro atoms. The highest BCUT2D eigenvalue weighted by atomic mass is 79.9. The van der Waals surface area contributed by atoms with Crippen LogP contribution in [0.1, 0.15) is 31.4 Å². The summed E-state index contributed by atoms with van der Waals surface area (Å²) in [7, 11) is -2.89. The molecular formula is C14H19BrFNO2S. The molecule has 112 valence electrons. The van der Waals surface area contributed by atoms with Crippen LogP contribution in [-0.2, 0) is 9.84 Å². The van der Waals surface area contributed by atoms with E-state index in [-0.39, 0.29) is 29.3 Å². The van der Waals surface area contributed by atoms with Crippen LogP contribution in [-0.4, -0.2) is 26.5 Å². The lowest BCUT2D eigenvalue weighted by molar-refractivity contribution is 0.409. The predicted octanol–water partition coefficient (Wildman–Crippen LogP) is 3.06. The second kappa shape index (κ2) is 6.54. The van der Waals surface area contributed by atoms with E-state index in [1.54, 1.807) is 18.2 Å². The van der Waals surface area contributed by atoms with Crippen molar-refractivity contribution in [1.82, 2.24) is 5.32 Å². The minimum atomic E-state index is -2.89. The third-order valence-electron chi connectivity index (χ3n) is 3.70. The molecule has 0 aliphatic carbocycles. The lowest BCUT2D eigenvalue weighted by Gasteiger charge is -2.22. The van der Waals surface area contributed by atoms with Gasteiger partial charge in [0, 0.05) is 11.6 Å². The van der Waals surface area contributed by atoms with E-state index in [9.17, 15) is 12.8 Å². The molecule has 6 heteroatoms. The zero-order chi connectivity index (χ0) is 14.8. The van der Waals surface area contributed by atoms with Crippen LogP contribution in [0.25, 0.3) is 0 Å². The summed E-state index contributed by atoms with van der Waals surface area (Å²) in [6, 6.07) is 5.09. The molecule has 2 rings (SSSR count). The molecule has 2 unspecified atom stereocenters. The van der Waals surface area contributed by atoms with E-state index in [1.807, 2.05) is 6.92 Å². The Labute approximate surface area is 128 Å². The maximum absolute atomic E-state index is 14.2. The first-order valence-corrected chi connectivity index (χ1v) is 9.42. The summed E-state index contributed by atoms with van der Waals surface area (Å²) < 4.78 is 37.7. The Hall–Kier alpha value is -0.460. The van der Waals surface area contributed by atoms with Crippen molar-refractivity contribution in [2.45, 2.75) is 25.8 Å². The molecule has 1 aromatic rings. The molecule has 1 N–H and O–H groups in total. The lowest BCUT2D eigenvalue weighted by Crippen LogP contribution is -2.25. The van der Waals surface area contributed by atoms with E-state index >= 15 is 0 Å². The van der Waals surface area contributed by atoms with Crippen molar-refractivity contribution in [1.29, 1.82) is 0 Å². The lowest BCUT2D eigenvalue weighted by atomic mass is 9.94. The van der Waals surface area contributed by atoms with Crippen molar-refractivity contribution in [2.24, 2.45) is 5.92 Å². The first kappa shape index (κ1) is 15.9. The Kier molecular flexibility index (Phi) is 5.20. The fraction of sp³-hybridized carbons (Fsp3) is 0.571. The van der Waals surface area contributed by atoms with Gasteiger partial charge in [0.25, 0.3) is 0 Å². The molecule has 0 amide bonds. The topological polar surface area (TPSA) is 46.2 Å². The first-order valence-electron chi connectivity index (χ1n) is 6.80. The van der Waals surface area contributed by atoms with Gasteiger partial charge >= 0.3 is 0 Å². The molecule has 1 fully saturated rings. The summed E-state index contributed by atoms with van der Waals surface area (Å²) in [5.41, 5.74) is 0.602. The Bertz CT molecular complexity index is 577. The molecule has 1 aliphatic rings. The van der Waals surface area contributed by atoms with Crippen molar-refractivity contribution in [3.63, 3.8) is 0 Å². The average Bonchev–Trinajstić information content (AvgIpc) is 2.72. The van der Waals surface area contributed by atoms with E-state index in [4.69, 9.17) is 0 Å². The quantitative estimate of drug-likeness (QED) is 0.874. The molecule has 0 bridgehead atoms. The largest absolute Gasteiger partial charge is 0.310 e. The summed E-state index contributed by atoms with van der Waals surface area (Å²) in [4.78, 5) is 0. The van der Waals surface area contributed by atoms with Crippen molar-refractivity contribution in [2.75, 3.05) is 18.1 Å². The van der Waals surface area contributed by atoms with Crippen LogP contribution >= 0.6 is 15.9 Å². The van der Waals surface area contributed by atoms with Crippen LogP contribution in [0.2, 0.25) is 0 Å². The molecule has 1 heterocycles. The maximum Gasteiger partial charge on any atom is 0.150 e. The van der Waals surface area contributed by atoms with Crippen molar-refractivity contribution in [3.8, 4) is 0 Å². The number of rotatable bonds is 5. The van der Waals surface area contributed by atoms with Gasteiger partial charge in [-0.2, -0.15) is 0 Å². The van der Waals surface area contributed by atoms with Gasteiger partial charge in [0.15, 0.2) is 9.84 Å². The van der Waals surface area contributed by atoms with Crippen LogP contribution in [0.3, 0.4) is 0 Å². The summed E-state index contributed by atoms with van der Waals surface area (Å²) >= 11 is 3.20. The second-order valence-corrected chi connectivity index (χ2v) is 8.34. The Morgan fingerprint density at radius 2 is 2.25 bits per heavy atom. The highest BCUT2D eigenvalue weighted by Crippen LogP contribution is 2.31. The molecule has 1 saturated heterocycles. The third-order valence-corrected chi connectivity index (χ3v) is 6.15. The van der Waals surface area contributed by atoms with Gasteiger partial charge < -0.3 is 5.32 Å². The van der Waals surface area contributed by atoms with Crippen LogP contribution in [0.4, 0.5) is 4.39 Å². The van der Waals surface area contributed by atoms with Gasteiger partial charge in [0.2, 0.25) is 0 Å². The minimum Gasteiger partial charge on any atom is -0.310 e. The van der Waals surface area contributed by atoms with E-state index in [0.717, 1.165) is 6.54 Å². The van der Waals surface area contributed by atoms with Crippen molar-refractivity contribution < 1.29 is 12.8 Å². The number of hydrogen-bond acceptors (Lipinski definition) is 3. The molecular weight excluding hydrogens is 345 g/mol. The van der Waals surface area contributed by atoms with Crippen LogP contribution in [0, 0.1) is 11.7 Å². The van der Waals surface area contributed by atoms with Gasteiger partial charge in [0.1, 0.15) is 5.82 Å². The van der Waals surface area contributed by atoms with E-state index in [0.29, 0.717) is 22.9 Å². The van der Waals surface area contributed by atoms with Crippen molar-refractivity contribution in [3.05, 3.63) is 34.1 Å². The molecule has 0 saturated carbocycles. The van der Waals surface area contributed by atoms with Crippen LogP contribution in [0.5, 0.6) is 0 Å². The smallest absolute Gasteiger partial charge is 0.150 e. The molecule has 0 radical (unpaired) electrons. The fourth-order valence-corrected chi connectivity index (χ4v) is 5.01. The molecule has 0 aromatic heterocycles. The van der Waals surface area contributed by atoms with E-state index < -0.39 is 9.84 Å². The average molecular weight is 364 g/mol. The van der Waals surface area contributed by atoms with E-state index in [1.165, 1.54) is 0 Å². The fourth-order valence-electron chi connectivity index (χ4n) is 2.75. The Morgan fingerprint density at radius 3 is 2.85 bits per heavy atom. The number of hydrogen-bond donors (Lipinski definition) is 1. The number of halogens is 2. The third kappa shape index (κ3) is 3.80. The SMILES string of the molecule is CCNC(CC1CCS(=O)(=O)C1)c1cccc(Br)c1F. The zero-order valence-corrected chi connectivity index (χ0v) is 13.8. The predicted molar refractivity (Wildman–Crippen MR) is 81.9 cm³/mol. The van der Waals surface area contributed by atoms with Gasteiger partial charge in [-0.15, -0.1) is 0 Å². The number of sulfone groups is 1. The van der Waals surface area contributed by atoms with E-state index in [2.05, 4.69) is 21.2 Å². The van der Waals surface area contributed by atoms with Gasteiger partial charge in [-0.25, -0.2) is 12.8 Å². The van der Waals surface area contributed by atoms with Gasteiger partial charge in [-0.1, -0.05) is 19.1 Å². The molecule has 20 heavy (non-hydrogen) atoms. The first-order chi connectivity index (χ1) is 9.43. The van der Waals surface area contributed by atoms with Gasteiger partial charge in [-0.05, 0) is 47.3 Å². The molecule has 2 atom stereocenters. The highest BCUT2D eigenvalue weighted by Gasteiger charge is 2.30. The highest BCUT2D eigenvalue weighted by molar-refractivity contribution is 9.10. The summed E-state index contributed by atoms with van der Waals surface area (Å²) in [6.07, 6.45) is 1.33. The summed E-state index contributed by atoms with van der Waals surface area (Å²) in [6.45, 7) is 2.68. The van der Waals surface area contributed by atoms with Gasteiger partial charge in [-0.3, -0.25) is 0 Å². The molecule has 1 aromatic carbocycles. The standard InChI is InChI=1S/C14H19BrFNO2S/c1-2-17-13(8-10-6-7-20(18,19)9-10)11-4-3-5-12(15)14(11)16/h3-5,10,13,17H,2,6-9H2,1H3. The number of nitrogens with one attached hydrogen (secondary N) is 1. The van der Waals surface area contributed by atoms with Crippen molar-refractivity contribution >= 4 is 25.8 Å². The normalized spacial score (nSPS) is 22.9. The van der Waals surface area contributed by atoms with Gasteiger partial charge in [0.05, 0.1) is 16.0 Å². The number of benzene rings is 1. The summed E-state index contributed by atoms with van der Waals surface area (Å²) in [5.74, 6) is 0.337. The maximum atomic E-state index is 14.2. The monoisotopic (exact) mass is 363 g/mol. The molecule has 3 nitrogen and oxygen atoms in total. The Balaban J connectivity index is 2.17. The Morgan fingerprint density at radius 1 is 1.50 bits per heavy atom. The minimum absolute atomic E-state index is 0.113.